The van der Waals surface area contributed by atoms with E-state index in [0.29, 0.717) is 16.8 Å². The molecule has 1 unspecified atom stereocenters. The van der Waals surface area contributed by atoms with E-state index < -0.39 is 5.97 Å². The smallest absolute Gasteiger partial charge is 0.337 e. The SMILES string of the molecule is COC(=O)c1ccc(N)c(C(=O)C(C)Br)c1. The first-order valence-corrected chi connectivity index (χ1v) is 5.55. The number of hydrogen-bond donors (Lipinski definition) is 1. The molecule has 0 aliphatic carbocycles. The topological polar surface area (TPSA) is 69.4 Å². The lowest BCUT2D eigenvalue weighted by molar-refractivity contribution is 0.0601. The maximum Gasteiger partial charge on any atom is 0.337 e. The van der Waals surface area contributed by atoms with Crippen LogP contribution in [-0.4, -0.2) is 23.7 Å². The number of carbonyl (C=O) groups excluding carboxylic acids is 2. The average molecular weight is 286 g/mol. The first kappa shape index (κ1) is 12.7. The lowest BCUT2D eigenvalue weighted by Gasteiger charge is -2.08. The van der Waals surface area contributed by atoms with E-state index in [-0.39, 0.29) is 10.6 Å². The summed E-state index contributed by atoms with van der Waals surface area (Å²) in [4.78, 5) is 22.7. The van der Waals surface area contributed by atoms with Gasteiger partial charge < -0.3 is 10.5 Å². The number of ketones is 1. The number of carbonyl (C=O) groups is 2. The second-order valence-electron chi connectivity index (χ2n) is 3.27. The molecule has 0 heterocycles. The van der Waals surface area contributed by atoms with Crippen molar-refractivity contribution < 1.29 is 14.3 Å². The number of ether oxygens (including phenoxy) is 1. The van der Waals surface area contributed by atoms with Crippen molar-refractivity contribution in [2.45, 2.75) is 11.8 Å². The van der Waals surface area contributed by atoms with E-state index in [1.54, 1.807) is 6.92 Å². The minimum Gasteiger partial charge on any atom is -0.465 e. The largest absolute Gasteiger partial charge is 0.465 e. The fourth-order valence-corrected chi connectivity index (χ4v) is 1.48. The van der Waals surface area contributed by atoms with Gasteiger partial charge in [0, 0.05) is 11.3 Å². The molecule has 0 aromatic heterocycles. The predicted octanol–water partition coefficient (Wildman–Crippen LogP) is 2.02. The summed E-state index contributed by atoms with van der Waals surface area (Å²) in [5, 5.41) is 0. The van der Waals surface area contributed by atoms with E-state index in [1.807, 2.05) is 0 Å². The first-order chi connectivity index (χ1) is 7.47. The van der Waals surface area contributed by atoms with E-state index in [1.165, 1.54) is 25.3 Å². The molecule has 1 rings (SSSR count). The summed E-state index contributed by atoms with van der Waals surface area (Å²) < 4.78 is 4.57. The van der Waals surface area contributed by atoms with Gasteiger partial charge in [-0.05, 0) is 25.1 Å². The molecule has 4 nitrogen and oxygen atoms in total. The Morgan fingerprint density at radius 3 is 2.56 bits per heavy atom. The molecule has 0 saturated carbocycles. The van der Waals surface area contributed by atoms with Crippen LogP contribution in [0.3, 0.4) is 0 Å². The summed E-state index contributed by atoms with van der Waals surface area (Å²) in [6.07, 6.45) is 0. The standard InChI is InChI=1S/C11H12BrNO3/c1-6(12)10(14)8-5-7(11(15)16-2)3-4-9(8)13/h3-6H,13H2,1-2H3. The van der Waals surface area contributed by atoms with E-state index >= 15 is 0 Å². The van der Waals surface area contributed by atoms with Gasteiger partial charge in [-0.25, -0.2) is 4.79 Å². The number of halogens is 1. The quantitative estimate of drug-likeness (QED) is 0.399. The van der Waals surface area contributed by atoms with Crippen molar-refractivity contribution >= 4 is 33.4 Å². The molecule has 0 aliphatic heterocycles. The number of hydrogen-bond acceptors (Lipinski definition) is 4. The summed E-state index contributed by atoms with van der Waals surface area (Å²) in [5.41, 5.74) is 6.67. The Balaban J connectivity index is 3.18. The first-order valence-electron chi connectivity index (χ1n) is 4.63. The summed E-state index contributed by atoms with van der Waals surface area (Å²) in [7, 11) is 1.29. The van der Waals surface area contributed by atoms with Gasteiger partial charge in [0.2, 0.25) is 0 Å². The predicted molar refractivity (Wildman–Crippen MR) is 64.9 cm³/mol. The summed E-state index contributed by atoms with van der Waals surface area (Å²) in [5.74, 6) is -0.653. The van der Waals surface area contributed by atoms with Crippen molar-refractivity contribution in [3.05, 3.63) is 29.3 Å². The Bertz CT molecular complexity index is 429. The van der Waals surface area contributed by atoms with Crippen LogP contribution in [0.15, 0.2) is 18.2 Å². The number of nitrogen functional groups attached to an aromatic ring is 1. The molecule has 1 aromatic rings. The number of rotatable bonds is 3. The van der Waals surface area contributed by atoms with Gasteiger partial charge >= 0.3 is 5.97 Å². The molecule has 1 atom stereocenters. The summed E-state index contributed by atoms with van der Waals surface area (Å²) in [6.45, 7) is 1.70. The molecule has 5 heteroatoms. The Morgan fingerprint density at radius 2 is 2.06 bits per heavy atom. The number of anilines is 1. The van der Waals surface area contributed by atoms with Crippen molar-refractivity contribution in [3.8, 4) is 0 Å². The van der Waals surface area contributed by atoms with Crippen LogP contribution in [0.25, 0.3) is 0 Å². The van der Waals surface area contributed by atoms with Gasteiger partial charge in [0.15, 0.2) is 5.78 Å². The van der Waals surface area contributed by atoms with Gasteiger partial charge in [-0.2, -0.15) is 0 Å². The Labute approximate surface area is 102 Å². The normalized spacial score (nSPS) is 11.9. The van der Waals surface area contributed by atoms with Gasteiger partial charge in [-0.1, -0.05) is 15.9 Å². The van der Waals surface area contributed by atoms with Crippen molar-refractivity contribution in [1.29, 1.82) is 0 Å². The molecule has 86 valence electrons. The highest BCUT2D eigenvalue weighted by atomic mass is 79.9. The number of methoxy groups -OCH3 is 1. The van der Waals surface area contributed by atoms with Gasteiger partial charge in [0.1, 0.15) is 0 Å². The molecule has 0 radical (unpaired) electrons. The van der Waals surface area contributed by atoms with Gasteiger partial charge in [0.05, 0.1) is 17.5 Å². The van der Waals surface area contributed by atoms with Crippen molar-refractivity contribution in [2.75, 3.05) is 12.8 Å². The van der Waals surface area contributed by atoms with E-state index in [0.717, 1.165) is 0 Å². The summed E-state index contributed by atoms with van der Waals surface area (Å²) in [6, 6.07) is 4.49. The second kappa shape index (κ2) is 5.12. The van der Waals surface area contributed by atoms with Crippen LogP contribution in [0.4, 0.5) is 5.69 Å². The average Bonchev–Trinajstić information content (AvgIpc) is 2.27. The van der Waals surface area contributed by atoms with Crippen LogP contribution in [-0.2, 0) is 4.74 Å². The molecular formula is C11H12BrNO3. The molecule has 0 saturated heterocycles. The summed E-state index contributed by atoms with van der Waals surface area (Å²) >= 11 is 3.17. The van der Waals surface area contributed by atoms with Crippen molar-refractivity contribution in [2.24, 2.45) is 0 Å². The van der Waals surface area contributed by atoms with Crippen LogP contribution < -0.4 is 5.73 Å². The van der Waals surface area contributed by atoms with Crippen LogP contribution in [0, 0.1) is 0 Å². The minimum atomic E-state index is -0.490. The number of Topliss-reactive ketones (excluding diaryl/α,β-unsaturated/α-hetero) is 1. The number of alkyl halides is 1. The molecule has 0 bridgehead atoms. The van der Waals surface area contributed by atoms with E-state index in [9.17, 15) is 9.59 Å². The molecule has 0 aliphatic rings. The molecule has 0 amide bonds. The van der Waals surface area contributed by atoms with Crippen LogP contribution >= 0.6 is 15.9 Å². The zero-order valence-electron chi connectivity index (χ0n) is 8.99. The van der Waals surface area contributed by atoms with Gasteiger partial charge in [-0.15, -0.1) is 0 Å². The molecule has 16 heavy (non-hydrogen) atoms. The fourth-order valence-electron chi connectivity index (χ4n) is 1.23. The van der Waals surface area contributed by atoms with Crippen LogP contribution in [0.1, 0.15) is 27.6 Å². The molecule has 2 N–H and O–H groups in total. The van der Waals surface area contributed by atoms with Gasteiger partial charge in [0.25, 0.3) is 0 Å². The number of esters is 1. The zero-order valence-corrected chi connectivity index (χ0v) is 10.6. The Hall–Kier alpha value is -1.36. The highest BCUT2D eigenvalue weighted by Crippen LogP contribution is 2.19. The fraction of sp³-hybridized carbons (Fsp3) is 0.273. The number of benzene rings is 1. The number of nitrogens with two attached hydrogens (primary N) is 1. The molecule has 0 fully saturated rings. The third kappa shape index (κ3) is 2.61. The third-order valence-corrected chi connectivity index (χ3v) is 2.52. The van der Waals surface area contributed by atoms with Crippen LogP contribution in [0.5, 0.6) is 0 Å². The second-order valence-corrected chi connectivity index (χ2v) is 4.65. The Kier molecular flexibility index (Phi) is 4.06. The molecule has 1 aromatic carbocycles. The minimum absolute atomic E-state index is 0.164. The molecular weight excluding hydrogens is 274 g/mol. The third-order valence-electron chi connectivity index (χ3n) is 2.10. The molecule has 0 spiro atoms. The zero-order chi connectivity index (χ0) is 12.3. The van der Waals surface area contributed by atoms with Crippen LogP contribution in [0.2, 0.25) is 0 Å². The lowest BCUT2D eigenvalue weighted by atomic mass is 10.0. The van der Waals surface area contributed by atoms with Gasteiger partial charge in [-0.3, -0.25) is 4.79 Å². The highest BCUT2D eigenvalue weighted by molar-refractivity contribution is 9.10. The highest BCUT2D eigenvalue weighted by Gasteiger charge is 2.17. The maximum absolute atomic E-state index is 11.7. The van der Waals surface area contributed by atoms with E-state index in [2.05, 4.69) is 20.7 Å². The maximum atomic E-state index is 11.7. The Morgan fingerprint density at radius 1 is 1.44 bits per heavy atom. The lowest BCUT2D eigenvalue weighted by Crippen LogP contribution is -2.14. The monoisotopic (exact) mass is 285 g/mol. The van der Waals surface area contributed by atoms with E-state index in [4.69, 9.17) is 5.73 Å². The van der Waals surface area contributed by atoms with Crippen molar-refractivity contribution in [3.63, 3.8) is 0 Å². The van der Waals surface area contributed by atoms with Crippen molar-refractivity contribution in [1.82, 2.24) is 0 Å².